The molecule has 1 heterocycles. The second-order valence-electron chi connectivity index (χ2n) is 6.64. The van der Waals surface area contributed by atoms with Gasteiger partial charge in [0.2, 0.25) is 0 Å². The summed E-state index contributed by atoms with van der Waals surface area (Å²) in [6.45, 7) is 5.48. The summed E-state index contributed by atoms with van der Waals surface area (Å²) < 4.78 is 32.6. The molecule has 8 heteroatoms. The van der Waals surface area contributed by atoms with Crippen molar-refractivity contribution >= 4 is 11.9 Å². The molecular formula is C16H22F2N4O2. The first-order chi connectivity index (χ1) is 11.2. The number of amidine groups is 1. The number of carbonyl (C=O) groups excluding carboxylic acids is 1. The molecule has 0 saturated carbocycles. The van der Waals surface area contributed by atoms with Crippen LogP contribution in [0.3, 0.4) is 0 Å². The van der Waals surface area contributed by atoms with Crippen LogP contribution in [0.2, 0.25) is 0 Å². The van der Waals surface area contributed by atoms with Crippen LogP contribution >= 0.6 is 0 Å². The molecule has 24 heavy (non-hydrogen) atoms. The molecule has 1 aliphatic rings. The highest BCUT2D eigenvalue weighted by molar-refractivity contribution is 5.90. The molecule has 2 atom stereocenters. The number of amides is 1. The number of nitrogens with two attached hydrogens (primary N) is 1. The number of carbonyl (C=O) groups is 1. The van der Waals surface area contributed by atoms with E-state index in [2.05, 4.69) is 15.7 Å². The van der Waals surface area contributed by atoms with E-state index in [0.29, 0.717) is 12.3 Å². The zero-order chi connectivity index (χ0) is 17.9. The van der Waals surface area contributed by atoms with E-state index in [4.69, 9.17) is 10.6 Å². The van der Waals surface area contributed by atoms with E-state index < -0.39 is 29.4 Å². The van der Waals surface area contributed by atoms with Crippen LogP contribution in [0, 0.1) is 11.6 Å². The van der Waals surface area contributed by atoms with Crippen molar-refractivity contribution in [2.24, 2.45) is 10.8 Å². The Morgan fingerprint density at radius 2 is 2.08 bits per heavy atom. The molecule has 0 fully saturated rings. The Labute approximate surface area is 139 Å². The number of nitrogens with one attached hydrogen (secondary N) is 2. The van der Waals surface area contributed by atoms with Gasteiger partial charge in [0.15, 0.2) is 11.6 Å². The van der Waals surface area contributed by atoms with E-state index in [9.17, 15) is 13.6 Å². The minimum absolute atomic E-state index is 0.228. The van der Waals surface area contributed by atoms with Crippen LogP contribution in [0.1, 0.15) is 38.7 Å². The van der Waals surface area contributed by atoms with Crippen molar-refractivity contribution in [1.29, 1.82) is 0 Å². The molecule has 0 aliphatic carbocycles. The number of hydrogen-bond donors (Lipinski definition) is 3. The van der Waals surface area contributed by atoms with E-state index in [1.165, 1.54) is 12.1 Å². The Bertz CT molecular complexity index is 643. The average Bonchev–Trinajstić information content (AvgIpc) is 2.48. The minimum Gasteiger partial charge on any atom is -0.444 e. The molecule has 0 spiro atoms. The van der Waals surface area contributed by atoms with Crippen molar-refractivity contribution in [3.05, 3.63) is 35.4 Å². The number of halogens is 2. The highest BCUT2D eigenvalue weighted by Crippen LogP contribution is 2.28. The van der Waals surface area contributed by atoms with Crippen LogP contribution in [0.5, 0.6) is 0 Å². The third-order valence-corrected chi connectivity index (χ3v) is 3.59. The van der Waals surface area contributed by atoms with Gasteiger partial charge in [-0.1, -0.05) is 12.1 Å². The fourth-order valence-corrected chi connectivity index (χ4v) is 2.57. The van der Waals surface area contributed by atoms with Crippen molar-refractivity contribution in [3.8, 4) is 0 Å². The number of aliphatic imine (C=N–C) groups is 1. The zero-order valence-corrected chi connectivity index (χ0v) is 13.9. The molecule has 132 valence electrons. The van der Waals surface area contributed by atoms with Gasteiger partial charge in [-0.3, -0.25) is 4.99 Å². The summed E-state index contributed by atoms with van der Waals surface area (Å²) in [4.78, 5) is 16.2. The first kappa shape index (κ1) is 18.1. The summed E-state index contributed by atoms with van der Waals surface area (Å²) >= 11 is 0. The Morgan fingerprint density at radius 1 is 1.38 bits per heavy atom. The van der Waals surface area contributed by atoms with E-state index in [-0.39, 0.29) is 18.0 Å². The van der Waals surface area contributed by atoms with Gasteiger partial charge in [-0.25, -0.2) is 19.4 Å². The molecule has 0 aromatic heterocycles. The van der Waals surface area contributed by atoms with Crippen LogP contribution in [0.15, 0.2) is 23.2 Å². The van der Waals surface area contributed by atoms with Gasteiger partial charge in [-0.05, 0) is 38.8 Å². The second kappa shape index (κ2) is 7.12. The van der Waals surface area contributed by atoms with Crippen molar-refractivity contribution < 1.29 is 18.3 Å². The van der Waals surface area contributed by atoms with Gasteiger partial charge >= 0.3 is 6.09 Å². The van der Waals surface area contributed by atoms with Crippen molar-refractivity contribution in [2.75, 3.05) is 6.54 Å². The predicted octanol–water partition coefficient (Wildman–Crippen LogP) is 2.21. The Kier molecular flexibility index (Phi) is 5.38. The normalized spacial score (nSPS) is 21.0. The quantitative estimate of drug-likeness (QED) is 0.569. The smallest absolute Gasteiger partial charge is 0.408 e. The van der Waals surface area contributed by atoms with Gasteiger partial charge in [-0.15, -0.1) is 0 Å². The van der Waals surface area contributed by atoms with E-state index in [1.54, 1.807) is 20.8 Å². The lowest BCUT2D eigenvalue weighted by Crippen LogP contribution is -2.52. The first-order valence-corrected chi connectivity index (χ1v) is 7.65. The third kappa shape index (κ3) is 4.41. The molecule has 6 nitrogen and oxygen atoms in total. The molecule has 4 N–H and O–H groups in total. The van der Waals surface area contributed by atoms with Crippen LogP contribution < -0.4 is 16.6 Å². The van der Waals surface area contributed by atoms with Gasteiger partial charge in [0.05, 0.1) is 6.04 Å². The van der Waals surface area contributed by atoms with Crippen LogP contribution in [-0.2, 0) is 4.74 Å². The Morgan fingerprint density at radius 3 is 2.71 bits per heavy atom. The zero-order valence-electron chi connectivity index (χ0n) is 13.9. The monoisotopic (exact) mass is 340 g/mol. The molecule has 2 rings (SSSR count). The number of nitrogens with zero attached hydrogens (tertiary/aromatic N) is 1. The summed E-state index contributed by atoms with van der Waals surface area (Å²) in [5, 5.41) is 2.66. The largest absolute Gasteiger partial charge is 0.444 e. The van der Waals surface area contributed by atoms with Gasteiger partial charge in [0.25, 0.3) is 0 Å². The summed E-state index contributed by atoms with van der Waals surface area (Å²) in [5.74, 6) is 3.62. The van der Waals surface area contributed by atoms with Gasteiger partial charge in [0, 0.05) is 12.5 Å². The standard InChI is InChI=1S/C16H22F2N4O2/c1-16(2,3)24-15(23)21-12-7-9(8-20-14(12)22-19)10-5-4-6-11(17)13(10)18/h4-6,9,12H,7-8,19H2,1-3H3,(H,20,22)(H,21,23)/t9-,12+/m1/s1. The lowest BCUT2D eigenvalue weighted by atomic mass is 9.89. The number of rotatable bonds is 2. The van der Waals surface area contributed by atoms with Crippen molar-refractivity contribution in [1.82, 2.24) is 10.7 Å². The Balaban J connectivity index is 2.16. The molecule has 1 aliphatic heterocycles. The average molecular weight is 340 g/mol. The Hall–Kier alpha value is -2.22. The summed E-state index contributed by atoms with van der Waals surface area (Å²) in [5.41, 5.74) is 2.01. The molecule has 1 aromatic carbocycles. The van der Waals surface area contributed by atoms with Crippen LogP contribution in [0.4, 0.5) is 13.6 Å². The maximum atomic E-state index is 14.0. The lowest BCUT2D eigenvalue weighted by molar-refractivity contribution is 0.0513. The number of hydrogen-bond acceptors (Lipinski definition) is 5. The highest BCUT2D eigenvalue weighted by Gasteiger charge is 2.31. The molecular weight excluding hydrogens is 318 g/mol. The molecule has 1 amide bonds. The number of ether oxygens (including phenoxy) is 1. The summed E-state index contributed by atoms with van der Waals surface area (Å²) in [6.07, 6.45) is -0.307. The van der Waals surface area contributed by atoms with E-state index in [0.717, 1.165) is 6.07 Å². The molecule has 1 aromatic rings. The molecule has 0 saturated heterocycles. The summed E-state index contributed by atoms with van der Waals surface area (Å²) in [7, 11) is 0. The summed E-state index contributed by atoms with van der Waals surface area (Å²) in [6, 6.07) is 3.45. The first-order valence-electron chi connectivity index (χ1n) is 7.65. The number of benzene rings is 1. The maximum absolute atomic E-state index is 14.0. The molecule has 0 bridgehead atoms. The topological polar surface area (TPSA) is 88.7 Å². The lowest BCUT2D eigenvalue weighted by Gasteiger charge is -2.30. The van der Waals surface area contributed by atoms with Gasteiger partial charge < -0.3 is 15.5 Å². The maximum Gasteiger partial charge on any atom is 0.408 e. The van der Waals surface area contributed by atoms with Gasteiger partial charge in [-0.2, -0.15) is 0 Å². The number of alkyl carbamates (subject to hydrolysis) is 1. The van der Waals surface area contributed by atoms with Crippen molar-refractivity contribution in [3.63, 3.8) is 0 Å². The fourth-order valence-electron chi connectivity index (χ4n) is 2.57. The fraction of sp³-hybridized carbons (Fsp3) is 0.500. The SMILES string of the molecule is CC(C)(C)OC(=O)N[C@H]1C[C@@H](c2cccc(F)c2F)CN=C1NN. The molecule has 0 unspecified atom stereocenters. The van der Waals surface area contributed by atoms with Crippen molar-refractivity contribution in [2.45, 2.75) is 44.8 Å². The minimum atomic E-state index is -0.907. The van der Waals surface area contributed by atoms with Gasteiger partial charge in [0.1, 0.15) is 11.4 Å². The second-order valence-corrected chi connectivity index (χ2v) is 6.64. The number of hydrazine groups is 1. The van der Waals surface area contributed by atoms with E-state index in [1.807, 2.05) is 0 Å². The highest BCUT2D eigenvalue weighted by atomic mass is 19.2. The predicted molar refractivity (Wildman–Crippen MR) is 86.5 cm³/mol. The van der Waals surface area contributed by atoms with E-state index >= 15 is 0 Å². The third-order valence-electron chi connectivity index (χ3n) is 3.59. The van der Waals surface area contributed by atoms with Crippen LogP contribution in [0.25, 0.3) is 0 Å². The van der Waals surface area contributed by atoms with Crippen LogP contribution in [-0.4, -0.2) is 30.1 Å². The molecule has 0 radical (unpaired) electrons.